The largest absolute Gasteiger partial charge is 0.334 e. The monoisotopic (exact) mass is 245 g/mol. The molecule has 1 amide bonds. The zero-order valence-electron chi connectivity index (χ0n) is 8.44. The maximum Gasteiger partial charge on any atom is 0.267 e. The van der Waals surface area contributed by atoms with E-state index in [0.717, 1.165) is 24.4 Å². The van der Waals surface area contributed by atoms with Gasteiger partial charge in [-0.05, 0) is 31.3 Å². The van der Waals surface area contributed by atoms with Gasteiger partial charge >= 0.3 is 0 Å². The molecule has 82 valence electrons. The number of aromatic nitrogens is 2. The van der Waals surface area contributed by atoms with E-state index in [2.05, 4.69) is 9.59 Å². The molecule has 0 saturated heterocycles. The highest BCUT2D eigenvalue weighted by atomic mass is 35.5. The van der Waals surface area contributed by atoms with Crippen molar-refractivity contribution < 1.29 is 4.79 Å². The Morgan fingerprint density at radius 3 is 2.87 bits per heavy atom. The second-order valence-corrected chi connectivity index (χ2v) is 4.74. The molecule has 0 atom stereocenters. The normalized spacial score (nSPS) is 15.3. The van der Waals surface area contributed by atoms with Crippen molar-refractivity contribution in [3.8, 4) is 0 Å². The number of rotatable bonds is 4. The molecule has 1 heterocycles. The average Bonchev–Trinajstić information content (AvgIpc) is 2.97. The first kappa shape index (κ1) is 10.8. The fraction of sp³-hybridized carbons (Fsp3) is 0.667. The predicted molar refractivity (Wildman–Crippen MR) is 59.4 cm³/mol. The van der Waals surface area contributed by atoms with E-state index < -0.39 is 0 Å². The lowest BCUT2D eigenvalue weighted by atomic mass is 10.3. The number of aryl methyl sites for hydroxylation is 1. The quantitative estimate of drug-likeness (QED) is 0.759. The lowest BCUT2D eigenvalue weighted by Crippen LogP contribution is -2.34. The van der Waals surface area contributed by atoms with E-state index >= 15 is 0 Å². The summed E-state index contributed by atoms with van der Waals surface area (Å²) in [6.07, 6.45) is 2.18. The van der Waals surface area contributed by atoms with Crippen molar-refractivity contribution in [2.24, 2.45) is 0 Å². The van der Waals surface area contributed by atoms with Crippen LogP contribution < -0.4 is 0 Å². The van der Waals surface area contributed by atoms with Crippen molar-refractivity contribution in [3.63, 3.8) is 0 Å². The Morgan fingerprint density at radius 2 is 2.40 bits per heavy atom. The molecule has 1 aliphatic carbocycles. The molecule has 0 radical (unpaired) electrons. The molecule has 0 aromatic carbocycles. The zero-order chi connectivity index (χ0) is 10.8. The lowest BCUT2D eigenvalue weighted by molar-refractivity contribution is 0.0757. The Morgan fingerprint density at radius 1 is 1.67 bits per heavy atom. The van der Waals surface area contributed by atoms with Crippen LogP contribution in [0.1, 0.15) is 28.2 Å². The van der Waals surface area contributed by atoms with Crippen LogP contribution in [-0.2, 0) is 0 Å². The Kier molecular flexibility index (Phi) is 3.21. The lowest BCUT2D eigenvalue weighted by Gasteiger charge is -2.20. The molecular formula is C9H12ClN3OS. The number of amides is 1. The van der Waals surface area contributed by atoms with E-state index in [-0.39, 0.29) is 5.91 Å². The van der Waals surface area contributed by atoms with Crippen LogP contribution in [0, 0.1) is 6.92 Å². The number of alkyl halides is 1. The summed E-state index contributed by atoms with van der Waals surface area (Å²) in [5, 5.41) is 3.85. The van der Waals surface area contributed by atoms with E-state index in [1.165, 1.54) is 0 Å². The summed E-state index contributed by atoms with van der Waals surface area (Å²) in [5.41, 5.74) is 0.713. The molecule has 6 heteroatoms. The maximum atomic E-state index is 12.1. The summed E-state index contributed by atoms with van der Waals surface area (Å²) in [6.45, 7) is 2.42. The Labute approximate surface area is 97.4 Å². The molecule has 0 bridgehead atoms. The number of carbonyl (C=O) groups excluding carboxylic acids is 1. The van der Waals surface area contributed by atoms with Gasteiger partial charge < -0.3 is 4.90 Å². The molecule has 1 aromatic rings. The molecule has 15 heavy (non-hydrogen) atoms. The average molecular weight is 246 g/mol. The van der Waals surface area contributed by atoms with E-state index in [4.69, 9.17) is 11.6 Å². The summed E-state index contributed by atoms with van der Waals surface area (Å²) in [7, 11) is 0. The highest BCUT2D eigenvalue weighted by Crippen LogP contribution is 2.29. The van der Waals surface area contributed by atoms with Crippen molar-refractivity contribution in [3.05, 3.63) is 10.6 Å². The van der Waals surface area contributed by atoms with Gasteiger partial charge in [0.05, 0.1) is 5.69 Å². The van der Waals surface area contributed by atoms with Crippen molar-refractivity contribution in [2.45, 2.75) is 25.8 Å². The van der Waals surface area contributed by atoms with Gasteiger partial charge in [-0.25, -0.2) is 0 Å². The summed E-state index contributed by atoms with van der Waals surface area (Å²) < 4.78 is 3.78. The number of hydrogen-bond donors (Lipinski definition) is 0. The molecule has 2 rings (SSSR count). The number of nitrogens with zero attached hydrogens (tertiary/aromatic N) is 3. The van der Waals surface area contributed by atoms with Gasteiger partial charge in [-0.15, -0.1) is 16.7 Å². The second kappa shape index (κ2) is 4.45. The van der Waals surface area contributed by atoms with Crippen LogP contribution in [0.3, 0.4) is 0 Å². The van der Waals surface area contributed by atoms with Gasteiger partial charge in [0, 0.05) is 18.5 Å². The van der Waals surface area contributed by atoms with Crippen LogP contribution in [-0.4, -0.2) is 38.9 Å². The van der Waals surface area contributed by atoms with Crippen molar-refractivity contribution in [2.75, 3.05) is 12.4 Å². The second-order valence-electron chi connectivity index (χ2n) is 3.61. The van der Waals surface area contributed by atoms with Crippen LogP contribution >= 0.6 is 23.1 Å². The van der Waals surface area contributed by atoms with Crippen LogP contribution in [0.5, 0.6) is 0 Å². The number of halogens is 1. The minimum absolute atomic E-state index is 0.0330. The molecular weight excluding hydrogens is 234 g/mol. The Hall–Kier alpha value is -0.680. The first-order chi connectivity index (χ1) is 7.24. The maximum absolute atomic E-state index is 12.1. The molecule has 0 spiro atoms. The molecule has 0 N–H and O–H groups in total. The Bertz CT molecular complexity index is 364. The van der Waals surface area contributed by atoms with E-state index in [0.29, 0.717) is 29.0 Å². The molecule has 1 saturated carbocycles. The first-order valence-electron chi connectivity index (χ1n) is 4.90. The summed E-state index contributed by atoms with van der Waals surface area (Å²) in [4.78, 5) is 14.6. The van der Waals surface area contributed by atoms with Gasteiger partial charge in [-0.2, -0.15) is 0 Å². The molecule has 4 nitrogen and oxygen atoms in total. The van der Waals surface area contributed by atoms with Crippen LogP contribution in [0.4, 0.5) is 0 Å². The van der Waals surface area contributed by atoms with Gasteiger partial charge in [0.25, 0.3) is 5.91 Å². The van der Waals surface area contributed by atoms with Gasteiger partial charge in [0.1, 0.15) is 4.88 Å². The first-order valence-corrected chi connectivity index (χ1v) is 6.20. The summed E-state index contributed by atoms with van der Waals surface area (Å²) in [5.74, 6) is 0.513. The van der Waals surface area contributed by atoms with Gasteiger partial charge in [0.2, 0.25) is 0 Å². The predicted octanol–water partition coefficient (Wildman–Crippen LogP) is 1.69. The zero-order valence-corrected chi connectivity index (χ0v) is 10.0. The fourth-order valence-corrected chi connectivity index (χ4v) is 2.28. The van der Waals surface area contributed by atoms with Crippen LogP contribution in [0.2, 0.25) is 0 Å². The molecule has 1 fully saturated rings. The molecule has 1 aromatic heterocycles. The van der Waals surface area contributed by atoms with Gasteiger partial charge in [0.15, 0.2) is 0 Å². The smallest absolute Gasteiger partial charge is 0.267 e. The standard InChI is InChI=1S/C9H12ClN3OS/c1-6-8(15-12-11-6)9(14)13(5-4-10)7-2-3-7/h7H,2-5H2,1H3. The molecule has 1 aliphatic rings. The highest BCUT2D eigenvalue weighted by molar-refractivity contribution is 7.07. The molecule has 0 aliphatic heterocycles. The molecule has 0 unspecified atom stereocenters. The number of carbonyl (C=O) groups is 1. The van der Waals surface area contributed by atoms with E-state index in [1.54, 1.807) is 0 Å². The SMILES string of the molecule is Cc1nnsc1C(=O)N(CCCl)C1CC1. The fourth-order valence-electron chi connectivity index (χ4n) is 1.49. The summed E-state index contributed by atoms with van der Waals surface area (Å²) in [6, 6.07) is 0.387. The van der Waals surface area contributed by atoms with Crippen molar-refractivity contribution in [1.82, 2.24) is 14.5 Å². The van der Waals surface area contributed by atoms with E-state index in [1.807, 2.05) is 11.8 Å². The van der Waals surface area contributed by atoms with Crippen molar-refractivity contribution in [1.29, 1.82) is 0 Å². The van der Waals surface area contributed by atoms with Crippen LogP contribution in [0.15, 0.2) is 0 Å². The summed E-state index contributed by atoms with van der Waals surface area (Å²) >= 11 is 6.85. The van der Waals surface area contributed by atoms with Gasteiger partial charge in [-0.3, -0.25) is 4.79 Å². The minimum Gasteiger partial charge on any atom is -0.334 e. The third-order valence-corrected chi connectivity index (χ3v) is 3.40. The highest BCUT2D eigenvalue weighted by Gasteiger charge is 2.33. The minimum atomic E-state index is 0.0330. The van der Waals surface area contributed by atoms with Gasteiger partial charge in [-0.1, -0.05) is 4.49 Å². The van der Waals surface area contributed by atoms with Crippen LogP contribution in [0.25, 0.3) is 0 Å². The third-order valence-electron chi connectivity index (χ3n) is 2.42. The number of hydrogen-bond acceptors (Lipinski definition) is 4. The third kappa shape index (κ3) is 2.29. The topological polar surface area (TPSA) is 46.1 Å². The van der Waals surface area contributed by atoms with E-state index in [9.17, 15) is 4.79 Å². The van der Waals surface area contributed by atoms with Crippen molar-refractivity contribution >= 4 is 29.0 Å². The Balaban J connectivity index is 2.14.